The maximum atomic E-state index is 8.67. The molecular formula is C14H15N3. The monoisotopic (exact) mass is 225 g/mol. The molecule has 1 atom stereocenters. The molecule has 0 aliphatic heterocycles. The van der Waals surface area contributed by atoms with Crippen LogP contribution in [0.3, 0.4) is 0 Å². The van der Waals surface area contributed by atoms with Crippen molar-refractivity contribution in [3.63, 3.8) is 0 Å². The predicted octanol–water partition coefficient (Wildman–Crippen LogP) is 2.48. The van der Waals surface area contributed by atoms with E-state index in [4.69, 9.17) is 5.26 Å². The number of fused-ring (bicyclic) bond motifs is 1. The van der Waals surface area contributed by atoms with Gasteiger partial charge in [-0.1, -0.05) is 24.3 Å². The van der Waals surface area contributed by atoms with Gasteiger partial charge in [-0.2, -0.15) is 5.26 Å². The largest absolute Gasteiger partial charge is 0.310 e. The minimum atomic E-state index is 0.0375. The molecule has 3 heteroatoms. The van der Waals surface area contributed by atoms with E-state index in [1.165, 1.54) is 0 Å². The third kappa shape index (κ3) is 3.02. The van der Waals surface area contributed by atoms with E-state index in [1.54, 1.807) is 0 Å². The molecular weight excluding hydrogens is 210 g/mol. The number of hydrogen-bond acceptors (Lipinski definition) is 3. The first kappa shape index (κ1) is 11.6. The van der Waals surface area contributed by atoms with Crippen molar-refractivity contribution in [2.24, 2.45) is 5.92 Å². The van der Waals surface area contributed by atoms with Crippen LogP contribution in [0.1, 0.15) is 12.6 Å². The quantitative estimate of drug-likeness (QED) is 0.869. The highest BCUT2D eigenvalue weighted by Crippen LogP contribution is 2.11. The number of aromatic nitrogens is 1. The van der Waals surface area contributed by atoms with E-state index >= 15 is 0 Å². The van der Waals surface area contributed by atoms with Crippen LogP contribution < -0.4 is 5.32 Å². The molecule has 3 nitrogen and oxygen atoms in total. The van der Waals surface area contributed by atoms with Crippen molar-refractivity contribution in [1.29, 1.82) is 5.26 Å². The van der Waals surface area contributed by atoms with Gasteiger partial charge in [-0.3, -0.25) is 4.98 Å². The summed E-state index contributed by atoms with van der Waals surface area (Å²) in [5.41, 5.74) is 2.02. The van der Waals surface area contributed by atoms with Crippen LogP contribution in [0.25, 0.3) is 10.9 Å². The van der Waals surface area contributed by atoms with Gasteiger partial charge in [0.2, 0.25) is 0 Å². The van der Waals surface area contributed by atoms with E-state index in [9.17, 15) is 0 Å². The van der Waals surface area contributed by atoms with E-state index in [0.29, 0.717) is 13.1 Å². The van der Waals surface area contributed by atoms with Crippen molar-refractivity contribution in [2.75, 3.05) is 6.54 Å². The lowest BCUT2D eigenvalue weighted by Gasteiger charge is -2.06. The molecule has 0 saturated carbocycles. The zero-order chi connectivity index (χ0) is 12.1. The zero-order valence-electron chi connectivity index (χ0n) is 9.85. The second-order valence-electron chi connectivity index (χ2n) is 4.16. The van der Waals surface area contributed by atoms with E-state index in [-0.39, 0.29) is 5.92 Å². The molecule has 1 unspecified atom stereocenters. The highest BCUT2D eigenvalue weighted by molar-refractivity contribution is 5.78. The van der Waals surface area contributed by atoms with Crippen molar-refractivity contribution < 1.29 is 0 Å². The molecule has 1 aromatic heterocycles. The van der Waals surface area contributed by atoms with Crippen molar-refractivity contribution in [3.8, 4) is 6.07 Å². The van der Waals surface area contributed by atoms with E-state index in [2.05, 4.69) is 28.5 Å². The number of benzene rings is 1. The molecule has 0 fully saturated rings. The fraction of sp³-hybridized carbons (Fsp3) is 0.286. The summed E-state index contributed by atoms with van der Waals surface area (Å²) in [7, 11) is 0. The van der Waals surface area contributed by atoms with Crippen molar-refractivity contribution in [2.45, 2.75) is 13.5 Å². The number of hydrogen-bond donors (Lipinski definition) is 1. The Hall–Kier alpha value is -1.92. The van der Waals surface area contributed by atoms with Crippen LogP contribution in [-0.4, -0.2) is 11.5 Å². The van der Waals surface area contributed by atoms with E-state index in [1.807, 2.05) is 31.2 Å². The lowest BCUT2D eigenvalue weighted by Crippen LogP contribution is -2.20. The Kier molecular flexibility index (Phi) is 3.69. The summed E-state index contributed by atoms with van der Waals surface area (Å²) in [6, 6.07) is 14.4. The topological polar surface area (TPSA) is 48.7 Å². The third-order valence-corrected chi connectivity index (χ3v) is 2.63. The fourth-order valence-corrected chi connectivity index (χ4v) is 1.67. The fourth-order valence-electron chi connectivity index (χ4n) is 1.67. The standard InChI is InChI=1S/C14H15N3/c1-11(8-15)9-16-10-13-7-6-12-4-2-3-5-14(12)17-13/h2-7,11,16H,9-10H2,1H3. The molecule has 0 radical (unpaired) electrons. The number of nitrogens with zero attached hydrogens (tertiary/aromatic N) is 2. The normalized spacial score (nSPS) is 12.2. The summed E-state index contributed by atoms with van der Waals surface area (Å²) < 4.78 is 0. The third-order valence-electron chi connectivity index (χ3n) is 2.63. The second kappa shape index (κ2) is 5.42. The van der Waals surface area contributed by atoms with Gasteiger partial charge in [0.1, 0.15) is 0 Å². The summed E-state index contributed by atoms with van der Waals surface area (Å²) in [5, 5.41) is 13.1. The maximum absolute atomic E-state index is 8.67. The van der Waals surface area contributed by atoms with Gasteiger partial charge in [0.25, 0.3) is 0 Å². The maximum Gasteiger partial charge on any atom is 0.0705 e. The Balaban J connectivity index is 2.02. The molecule has 0 aliphatic carbocycles. The Morgan fingerprint density at radius 3 is 2.94 bits per heavy atom. The van der Waals surface area contributed by atoms with Crippen LogP contribution in [0.2, 0.25) is 0 Å². The second-order valence-corrected chi connectivity index (χ2v) is 4.16. The summed E-state index contributed by atoms with van der Waals surface area (Å²) in [6.07, 6.45) is 0. The van der Waals surface area contributed by atoms with Gasteiger partial charge in [-0.25, -0.2) is 0 Å². The molecule has 2 aromatic rings. The van der Waals surface area contributed by atoms with Crippen LogP contribution >= 0.6 is 0 Å². The van der Waals surface area contributed by atoms with Crippen molar-refractivity contribution >= 4 is 10.9 Å². The van der Waals surface area contributed by atoms with E-state index in [0.717, 1.165) is 16.6 Å². The summed E-state index contributed by atoms with van der Waals surface area (Å²) in [5.74, 6) is 0.0375. The summed E-state index contributed by atoms with van der Waals surface area (Å²) >= 11 is 0. The first-order chi connectivity index (χ1) is 8.29. The minimum absolute atomic E-state index is 0.0375. The SMILES string of the molecule is CC(C#N)CNCc1ccc2ccccc2n1. The molecule has 86 valence electrons. The van der Waals surface area contributed by atoms with Gasteiger partial charge >= 0.3 is 0 Å². The van der Waals surface area contributed by atoms with Crippen LogP contribution in [0.15, 0.2) is 36.4 Å². The van der Waals surface area contributed by atoms with Crippen LogP contribution in [-0.2, 0) is 6.54 Å². The van der Waals surface area contributed by atoms with Crippen molar-refractivity contribution in [1.82, 2.24) is 10.3 Å². The molecule has 1 heterocycles. The molecule has 2 rings (SSSR count). The van der Waals surface area contributed by atoms with Gasteiger partial charge in [0.15, 0.2) is 0 Å². The number of nitrogens with one attached hydrogen (secondary N) is 1. The molecule has 0 spiro atoms. The Labute approximate surface area is 101 Å². The summed E-state index contributed by atoms with van der Waals surface area (Å²) in [4.78, 5) is 4.55. The molecule has 17 heavy (non-hydrogen) atoms. The average Bonchev–Trinajstić information content (AvgIpc) is 2.38. The van der Waals surface area contributed by atoms with E-state index < -0.39 is 0 Å². The van der Waals surface area contributed by atoms with Gasteiger partial charge in [-0.15, -0.1) is 0 Å². The first-order valence-electron chi connectivity index (χ1n) is 5.74. The van der Waals surface area contributed by atoms with Crippen LogP contribution in [0, 0.1) is 17.2 Å². The zero-order valence-corrected chi connectivity index (χ0v) is 9.85. The average molecular weight is 225 g/mol. The van der Waals surface area contributed by atoms with Crippen LogP contribution in [0.5, 0.6) is 0 Å². The van der Waals surface area contributed by atoms with Gasteiger partial charge in [0, 0.05) is 18.5 Å². The van der Waals surface area contributed by atoms with Crippen molar-refractivity contribution in [3.05, 3.63) is 42.1 Å². The summed E-state index contributed by atoms with van der Waals surface area (Å²) in [6.45, 7) is 3.31. The number of nitriles is 1. The Morgan fingerprint density at radius 1 is 1.29 bits per heavy atom. The highest BCUT2D eigenvalue weighted by Gasteiger charge is 2.00. The van der Waals surface area contributed by atoms with Gasteiger partial charge in [-0.05, 0) is 19.1 Å². The smallest absolute Gasteiger partial charge is 0.0705 e. The number of pyridine rings is 1. The Bertz CT molecular complexity index is 542. The first-order valence-corrected chi connectivity index (χ1v) is 5.74. The predicted molar refractivity (Wildman–Crippen MR) is 68.2 cm³/mol. The van der Waals surface area contributed by atoms with Crippen LogP contribution in [0.4, 0.5) is 0 Å². The Morgan fingerprint density at radius 2 is 2.12 bits per heavy atom. The molecule has 0 aliphatic rings. The molecule has 0 saturated heterocycles. The lowest BCUT2D eigenvalue weighted by atomic mass is 10.2. The molecule has 0 amide bonds. The molecule has 1 aromatic carbocycles. The molecule has 1 N–H and O–H groups in total. The number of para-hydroxylation sites is 1. The number of rotatable bonds is 4. The minimum Gasteiger partial charge on any atom is -0.310 e. The van der Waals surface area contributed by atoms with Gasteiger partial charge in [0.05, 0.1) is 23.2 Å². The lowest BCUT2D eigenvalue weighted by molar-refractivity contribution is 0.596. The molecule has 0 bridgehead atoms. The van der Waals surface area contributed by atoms with Gasteiger partial charge < -0.3 is 5.32 Å². The highest BCUT2D eigenvalue weighted by atomic mass is 14.9.